The second-order valence-corrected chi connectivity index (χ2v) is 7.69. The molecule has 0 aromatic heterocycles. The number of benzene rings is 2. The zero-order valence-electron chi connectivity index (χ0n) is 16.1. The molecule has 1 fully saturated rings. The van der Waals surface area contributed by atoms with Gasteiger partial charge in [-0.1, -0.05) is 23.8 Å². The minimum Gasteiger partial charge on any atom is -0.376 e. The molecule has 2 nitrogen and oxygen atoms in total. The fraction of sp³-hybridized carbons (Fsp3) is 0.455. The van der Waals surface area contributed by atoms with Crippen molar-refractivity contribution >= 4 is 0 Å². The van der Waals surface area contributed by atoms with Crippen molar-refractivity contribution in [3.8, 4) is 0 Å². The van der Waals surface area contributed by atoms with E-state index in [1.807, 2.05) is 19.2 Å². The molecule has 1 saturated heterocycles. The Morgan fingerprint density at radius 2 is 1.82 bits per heavy atom. The maximum Gasteiger partial charge on any atom is 0.416 e. The molecule has 0 bridgehead atoms. The highest BCUT2D eigenvalue weighted by atomic mass is 19.4. The van der Waals surface area contributed by atoms with E-state index in [2.05, 4.69) is 4.90 Å². The molecule has 6 heteroatoms. The van der Waals surface area contributed by atoms with Gasteiger partial charge in [0.2, 0.25) is 0 Å². The second-order valence-electron chi connectivity index (χ2n) is 7.69. The lowest BCUT2D eigenvalue weighted by atomic mass is 9.81. The second kappa shape index (κ2) is 8.62. The van der Waals surface area contributed by atoms with Crippen molar-refractivity contribution < 1.29 is 22.3 Å². The van der Waals surface area contributed by atoms with E-state index >= 15 is 0 Å². The molecule has 2 aromatic carbocycles. The Morgan fingerprint density at radius 3 is 2.50 bits per heavy atom. The predicted molar refractivity (Wildman–Crippen MR) is 101 cm³/mol. The number of piperidine rings is 1. The summed E-state index contributed by atoms with van der Waals surface area (Å²) in [6.07, 6.45) is -3.42. The standard InChI is InChI=1S/C22H25F4NO/c1-15-9-16(11-19(10-15)22(24,25)26)13-28-14-18-12-27(2)8-7-21(18)17-3-5-20(23)6-4-17/h3-6,9-11,18,21H,7-8,12-14H2,1-2H3/t18-,21-/m0/s1. The summed E-state index contributed by atoms with van der Waals surface area (Å²) in [4.78, 5) is 2.22. The Morgan fingerprint density at radius 1 is 1.11 bits per heavy atom. The average molecular weight is 395 g/mol. The number of rotatable bonds is 5. The van der Waals surface area contributed by atoms with Crippen LogP contribution < -0.4 is 0 Å². The minimum atomic E-state index is -4.36. The van der Waals surface area contributed by atoms with Crippen molar-refractivity contribution in [2.45, 2.75) is 32.0 Å². The van der Waals surface area contributed by atoms with E-state index in [4.69, 9.17) is 4.74 Å². The van der Waals surface area contributed by atoms with E-state index in [9.17, 15) is 17.6 Å². The normalized spacial score (nSPS) is 21.1. The average Bonchev–Trinajstić information content (AvgIpc) is 2.62. The van der Waals surface area contributed by atoms with Crippen molar-refractivity contribution in [2.24, 2.45) is 5.92 Å². The van der Waals surface area contributed by atoms with Gasteiger partial charge in [-0.2, -0.15) is 13.2 Å². The van der Waals surface area contributed by atoms with Crippen LogP contribution in [0.25, 0.3) is 0 Å². The van der Waals surface area contributed by atoms with Crippen LogP contribution in [0.4, 0.5) is 17.6 Å². The molecular weight excluding hydrogens is 370 g/mol. The summed E-state index contributed by atoms with van der Waals surface area (Å²) < 4.78 is 58.1. The van der Waals surface area contributed by atoms with E-state index < -0.39 is 11.7 Å². The molecule has 152 valence electrons. The third-order valence-corrected chi connectivity index (χ3v) is 5.30. The monoisotopic (exact) mass is 395 g/mol. The maximum atomic E-state index is 13.2. The zero-order chi connectivity index (χ0) is 20.3. The Labute approximate surface area is 163 Å². The molecule has 0 aliphatic carbocycles. The smallest absolute Gasteiger partial charge is 0.376 e. The molecule has 2 aromatic rings. The van der Waals surface area contributed by atoms with E-state index in [0.29, 0.717) is 17.7 Å². The van der Waals surface area contributed by atoms with Crippen LogP contribution in [0.1, 0.15) is 34.6 Å². The maximum absolute atomic E-state index is 13.2. The number of hydrogen-bond donors (Lipinski definition) is 0. The van der Waals surface area contributed by atoms with Crippen molar-refractivity contribution in [1.82, 2.24) is 4.90 Å². The van der Waals surface area contributed by atoms with Gasteiger partial charge in [0.15, 0.2) is 0 Å². The Bertz CT molecular complexity index is 788. The first-order valence-corrected chi connectivity index (χ1v) is 9.42. The van der Waals surface area contributed by atoms with Crippen molar-refractivity contribution in [2.75, 3.05) is 26.7 Å². The van der Waals surface area contributed by atoms with Crippen LogP contribution in [0.15, 0.2) is 42.5 Å². The van der Waals surface area contributed by atoms with Crippen molar-refractivity contribution in [3.05, 3.63) is 70.5 Å². The summed E-state index contributed by atoms with van der Waals surface area (Å²) in [6.45, 7) is 4.03. The lowest BCUT2D eigenvalue weighted by Gasteiger charge is -2.37. The lowest BCUT2D eigenvalue weighted by Crippen LogP contribution is -2.39. The number of hydrogen-bond acceptors (Lipinski definition) is 2. The summed E-state index contributed by atoms with van der Waals surface area (Å²) in [5, 5.41) is 0. The van der Waals surface area contributed by atoms with Gasteiger partial charge in [-0.25, -0.2) is 4.39 Å². The summed E-state index contributed by atoms with van der Waals surface area (Å²) >= 11 is 0. The number of nitrogens with zero attached hydrogens (tertiary/aromatic N) is 1. The lowest BCUT2D eigenvalue weighted by molar-refractivity contribution is -0.137. The molecular formula is C22H25F4NO. The summed E-state index contributed by atoms with van der Waals surface area (Å²) in [5.41, 5.74) is 1.52. The third-order valence-electron chi connectivity index (χ3n) is 5.30. The van der Waals surface area contributed by atoms with Crippen LogP contribution in [0.2, 0.25) is 0 Å². The highest BCUT2D eigenvalue weighted by molar-refractivity contribution is 5.31. The third kappa shape index (κ3) is 5.32. The first-order valence-electron chi connectivity index (χ1n) is 9.42. The summed E-state index contributed by atoms with van der Waals surface area (Å²) in [7, 11) is 2.05. The molecule has 1 heterocycles. The number of alkyl halides is 3. The molecule has 0 unspecified atom stereocenters. The molecule has 3 rings (SSSR count). The van der Waals surface area contributed by atoms with Gasteiger partial charge >= 0.3 is 6.18 Å². The Kier molecular flexibility index (Phi) is 6.40. The highest BCUT2D eigenvalue weighted by Crippen LogP contribution is 2.34. The van der Waals surface area contributed by atoms with Crippen LogP contribution >= 0.6 is 0 Å². The topological polar surface area (TPSA) is 12.5 Å². The number of halogens is 4. The van der Waals surface area contributed by atoms with Crippen LogP contribution in [-0.4, -0.2) is 31.6 Å². The number of aryl methyl sites for hydroxylation is 1. The number of likely N-dealkylation sites (tertiary alicyclic amines) is 1. The minimum absolute atomic E-state index is 0.140. The van der Waals surface area contributed by atoms with Crippen LogP contribution in [-0.2, 0) is 17.5 Å². The molecule has 1 aliphatic rings. The van der Waals surface area contributed by atoms with Crippen LogP contribution in [0.3, 0.4) is 0 Å². The largest absolute Gasteiger partial charge is 0.416 e. The van der Waals surface area contributed by atoms with Crippen molar-refractivity contribution in [1.29, 1.82) is 0 Å². The molecule has 0 N–H and O–H groups in total. The van der Waals surface area contributed by atoms with Gasteiger partial charge in [0, 0.05) is 12.5 Å². The molecule has 28 heavy (non-hydrogen) atoms. The fourth-order valence-electron chi connectivity index (χ4n) is 3.97. The van der Waals surface area contributed by atoms with Crippen LogP contribution in [0.5, 0.6) is 0 Å². The quantitative estimate of drug-likeness (QED) is 0.628. The molecule has 0 radical (unpaired) electrons. The number of ether oxygens (including phenoxy) is 1. The van der Waals surface area contributed by atoms with Gasteiger partial charge in [-0.15, -0.1) is 0 Å². The molecule has 2 atom stereocenters. The first-order chi connectivity index (χ1) is 13.2. The van der Waals surface area contributed by atoms with E-state index in [0.717, 1.165) is 37.2 Å². The van der Waals surface area contributed by atoms with Gasteiger partial charge < -0.3 is 9.64 Å². The SMILES string of the molecule is Cc1cc(COC[C@@H]2CN(C)CC[C@H]2c2ccc(F)cc2)cc(C(F)(F)F)c1. The van der Waals surface area contributed by atoms with Gasteiger partial charge in [-0.05, 0) is 68.2 Å². The fourth-order valence-corrected chi connectivity index (χ4v) is 3.97. The highest BCUT2D eigenvalue weighted by Gasteiger charge is 2.31. The molecule has 0 amide bonds. The molecule has 1 aliphatic heterocycles. The van der Waals surface area contributed by atoms with E-state index in [-0.39, 0.29) is 24.3 Å². The molecule has 0 saturated carbocycles. The zero-order valence-corrected chi connectivity index (χ0v) is 16.1. The van der Waals surface area contributed by atoms with E-state index in [1.165, 1.54) is 12.1 Å². The molecule has 0 spiro atoms. The summed E-state index contributed by atoms with van der Waals surface area (Å²) in [6, 6.07) is 10.6. The van der Waals surface area contributed by atoms with Gasteiger partial charge in [0.25, 0.3) is 0 Å². The van der Waals surface area contributed by atoms with Gasteiger partial charge in [0.05, 0.1) is 18.8 Å². The first kappa shape index (κ1) is 20.8. The van der Waals surface area contributed by atoms with E-state index in [1.54, 1.807) is 13.0 Å². The Hall–Kier alpha value is -1.92. The summed E-state index contributed by atoms with van der Waals surface area (Å²) in [5.74, 6) is 0.195. The van der Waals surface area contributed by atoms with Crippen LogP contribution in [0, 0.1) is 18.7 Å². The Balaban J connectivity index is 1.66. The predicted octanol–water partition coefficient (Wildman–Crippen LogP) is 5.41. The van der Waals surface area contributed by atoms with Gasteiger partial charge in [0.1, 0.15) is 5.82 Å². The van der Waals surface area contributed by atoms with Gasteiger partial charge in [-0.3, -0.25) is 0 Å². The van der Waals surface area contributed by atoms with Crippen molar-refractivity contribution in [3.63, 3.8) is 0 Å².